The average Bonchev–Trinajstić information content (AvgIpc) is 2.95. The Morgan fingerprint density at radius 3 is 2.46 bits per heavy atom. The normalized spacial score (nSPS) is 23.2. The SMILES string of the molecule is COc1ccccc1C1CC[N+](C(N)=O)(C(=O)CCc2cccc(C3NCCc4ccccc43)c2)CC1. The van der Waals surface area contributed by atoms with Crippen LogP contribution in [0.4, 0.5) is 4.79 Å². The fourth-order valence-corrected chi connectivity index (χ4v) is 6.11. The molecule has 2 aliphatic heterocycles. The van der Waals surface area contributed by atoms with E-state index in [2.05, 4.69) is 59.9 Å². The van der Waals surface area contributed by atoms with Gasteiger partial charge in [-0.15, -0.1) is 0 Å². The highest BCUT2D eigenvalue weighted by Crippen LogP contribution is 2.37. The molecule has 6 heteroatoms. The molecule has 0 radical (unpaired) electrons. The summed E-state index contributed by atoms with van der Waals surface area (Å²) in [5, 5.41) is 3.64. The molecule has 0 spiro atoms. The quantitative estimate of drug-likeness (QED) is 0.476. The number of rotatable bonds is 6. The van der Waals surface area contributed by atoms with Gasteiger partial charge in [0.25, 0.3) is 0 Å². The van der Waals surface area contributed by atoms with E-state index in [-0.39, 0.29) is 22.3 Å². The van der Waals surface area contributed by atoms with Crippen molar-refractivity contribution < 1.29 is 18.8 Å². The maximum atomic E-state index is 13.5. The molecule has 1 atom stereocenters. The lowest BCUT2D eigenvalue weighted by Crippen LogP contribution is -2.62. The van der Waals surface area contributed by atoms with Crippen LogP contribution in [-0.4, -0.2) is 43.2 Å². The molecule has 2 aliphatic rings. The van der Waals surface area contributed by atoms with Crippen molar-refractivity contribution in [1.29, 1.82) is 0 Å². The fourth-order valence-electron chi connectivity index (χ4n) is 6.11. The zero-order chi connectivity index (χ0) is 25.8. The Morgan fingerprint density at radius 2 is 1.70 bits per heavy atom. The molecule has 0 aliphatic carbocycles. The number of nitrogens with zero attached hydrogens (tertiary/aromatic N) is 1. The summed E-state index contributed by atoms with van der Waals surface area (Å²) in [5.74, 6) is 1.02. The summed E-state index contributed by atoms with van der Waals surface area (Å²) < 4.78 is 5.28. The number of fused-ring (bicyclic) bond motifs is 1. The average molecular weight is 499 g/mol. The second kappa shape index (κ2) is 10.9. The molecule has 1 saturated heterocycles. The van der Waals surface area contributed by atoms with Crippen molar-refractivity contribution in [2.24, 2.45) is 5.73 Å². The van der Waals surface area contributed by atoms with E-state index in [0.717, 1.165) is 42.7 Å². The first kappa shape index (κ1) is 25.2. The van der Waals surface area contributed by atoms with Crippen molar-refractivity contribution in [2.45, 2.75) is 44.1 Å². The number of urea groups is 1. The molecule has 0 saturated carbocycles. The number of methoxy groups -OCH3 is 1. The smallest absolute Gasteiger partial charge is 0.421 e. The molecule has 37 heavy (non-hydrogen) atoms. The Morgan fingerprint density at radius 1 is 0.973 bits per heavy atom. The van der Waals surface area contributed by atoms with E-state index in [1.54, 1.807) is 7.11 Å². The Balaban J connectivity index is 1.27. The summed E-state index contributed by atoms with van der Waals surface area (Å²) in [5.41, 5.74) is 12.0. The fraction of sp³-hybridized carbons (Fsp3) is 0.355. The van der Waals surface area contributed by atoms with Gasteiger partial charge in [0.1, 0.15) is 5.75 Å². The number of hydrogen-bond acceptors (Lipinski definition) is 4. The van der Waals surface area contributed by atoms with Crippen LogP contribution in [0.1, 0.15) is 59.0 Å². The van der Waals surface area contributed by atoms with E-state index in [9.17, 15) is 9.59 Å². The van der Waals surface area contributed by atoms with Crippen LogP contribution in [0.5, 0.6) is 5.75 Å². The zero-order valence-electron chi connectivity index (χ0n) is 21.5. The largest absolute Gasteiger partial charge is 0.496 e. The second-order valence-electron chi connectivity index (χ2n) is 10.2. The highest BCUT2D eigenvalue weighted by molar-refractivity contribution is 5.83. The van der Waals surface area contributed by atoms with Crippen LogP contribution in [0.2, 0.25) is 0 Å². The van der Waals surface area contributed by atoms with Gasteiger partial charge < -0.3 is 15.8 Å². The first-order chi connectivity index (χ1) is 18.0. The minimum Gasteiger partial charge on any atom is -0.496 e. The van der Waals surface area contributed by atoms with Gasteiger partial charge in [0.2, 0.25) is 0 Å². The number of ether oxygens (including phenoxy) is 1. The number of carbonyl (C=O) groups excluding carboxylic acids is 2. The van der Waals surface area contributed by atoms with Gasteiger partial charge >= 0.3 is 11.9 Å². The first-order valence-corrected chi connectivity index (χ1v) is 13.3. The molecule has 3 aromatic rings. The van der Waals surface area contributed by atoms with Gasteiger partial charge in [-0.25, -0.2) is 9.59 Å². The predicted octanol–water partition coefficient (Wildman–Crippen LogP) is 4.86. The number of carbonyl (C=O) groups is 2. The van der Waals surface area contributed by atoms with Crippen LogP contribution in [0.25, 0.3) is 0 Å². The molecule has 3 amide bonds. The number of para-hydroxylation sites is 1. The lowest BCUT2D eigenvalue weighted by atomic mass is 9.87. The van der Waals surface area contributed by atoms with Gasteiger partial charge in [0.15, 0.2) is 0 Å². The highest BCUT2D eigenvalue weighted by Gasteiger charge is 2.46. The topological polar surface area (TPSA) is 81.4 Å². The number of primary amides is 1. The Hall–Kier alpha value is -3.48. The van der Waals surface area contributed by atoms with Crippen molar-refractivity contribution in [2.75, 3.05) is 26.7 Å². The molecule has 5 rings (SSSR count). The van der Waals surface area contributed by atoms with Crippen molar-refractivity contribution in [3.05, 3.63) is 101 Å². The van der Waals surface area contributed by atoms with Crippen molar-refractivity contribution in [1.82, 2.24) is 5.32 Å². The molecule has 3 aromatic carbocycles. The molecule has 3 N–H and O–H groups in total. The molecule has 1 unspecified atom stereocenters. The lowest BCUT2D eigenvalue weighted by Gasteiger charge is -2.38. The molecule has 192 valence electrons. The number of amides is 3. The third-order valence-electron chi connectivity index (χ3n) is 8.22. The van der Waals surface area contributed by atoms with Crippen LogP contribution in [0.3, 0.4) is 0 Å². The van der Waals surface area contributed by atoms with Gasteiger partial charge in [0, 0.05) is 19.4 Å². The Bertz CT molecular complexity index is 1280. The van der Waals surface area contributed by atoms with Crippen LogP contribution in [0.15, 0.2) is 72.8 Å². The summed E-state index contributed by atoms with van der Waals surface area (Å²) in [6.45, 7) is 1.80. The minimum absolute atomic E-state index is 0.0856. The van der Waals surface area contributed by atoms with Gasteiger partial charge in [-0.1, -0.05) is 66.7 Å². The van der Waals surface area contributed by atoms with Crippen LogP contribution < -0.4 is 15.8 Å². The van der Waals surface area contributed by atoms with E-state index in [1.165, 1.54) is 16.7 Å². The first-order valence-electron chi connectivity index (χ1n) is 13.3. The Kier molecular flexibility index (Phi) is 7.40. The van der Waals surface area contributed by atoms with Gasteiger partial charge in [-0.3, -0.25) is 0 Å². The summed E-state index contributed by atoms with van der Waals surface area (Å²) in [4.78, 5) is 26.1. The Labute approximate surface area is 219 Å². The number of piperidine rings is 1. The second-order valence-corrected chi connectivity index (χ2v) is 10.2. The number of quaternary nitrogens is 1. The minimum atomic E-state index is -0.541. The summed E-state index contributed by atoms with van der Waals surface area (Å²) >= 11 is 0. The number of imide groups is 1. The summed E-state index contributed by atoms with van der Waals surface area (Å²) in [6, 6.07) is 24.6. The van der Waals surface area contributed by atoms with Gasteiger partial charge in [-0.2, -0.15) is 4.48 Å². The van der Waals surface area contributed by atoms with Crippen molar-refractivity contribution >= 4 is 11.9 Å². The van der Waals surface area contributed by atoms with E-state index in [1.807, 2.05) is 18.2 Å². The molecule has 1 fully saturated rings. The van der Waals surface area contributed by atoms with E-state index in [0.29, 0.717) is 25.9 Å². The molecule has 0 aromatic heterocycles. The highest BCUT2D eigenvalue weighted by atomic mass is 16.5. The maximum absolute atomic E-state index is 13.5. The summed E-state index contributed by atoms with van der Waals surface area (Å²) in [7, 11) is 1.67. The molecular formula is C31H36N3O3+. The van der Waals surface area contributed by atoms with Crippen LogP contribution in [0, 0.1) is 0 Å². The maximum Gasteiger partial charge on any atom is 0.421 e. The monoisotopic (exact) mass is 498 g/mol. The predicted molar refractivity (Wildman–Crippen MR) is 144 cm³/mol. The number of likely N-dealkylation sites (tertiary alicyclic amines) is 1. The third kappa shape index (κ3) is 5.04. The number of nitrogens with two attached hydrogens (primary N) is 1. The van der Waals surface area contributed by atoms with Crippen molar-refractivity contribution in [3.8, 4) is 5.75 Å². The third-order valence-corrected chi connectivity index (χ3v) is 8.22. The zero-order valence-corrected chi connectivity index (χ0v) is 21.5. The molecule has 6 nitrogen and oxygen atoms in total. The molecular weight excluding hydrogens is 462 g/mol. The van der Waals surface area contributed by atoms with Crippen LogP contribution >= 0.6 is 0 Å². The summed E-state index contributed by atoms with van der Waals surface area (Å²) in [6.07, 6.45) is 3.35. The van der Waals surface area contributed by atoms with E-state index < -0.39 is 6.03 Å². The van der Waals surface area contributed by atoms with E-state index in [4.69, 9.17) is 10.5 Å². The van der Waals surface area contributed by atoms with Crippen LogP contribution in [-0.2, 0) is 17.6 Å². The van der Waals surface area contributed by atoms with Gasteiger partial charge in [0.05, 0.1) is 32.7 Å². The lowest BCUT2D eigenvalue weighted by molar-refractivity contribution is -0.779. The number of nitrogens with one attached hydrogen (secondary N) is 1. The molecule has 0 bridgehead atoms. The van der Waals surface area contributed by atoms with Crippen molar-refractivity contribution in [3.63, 3.8) is 0 Å². The number of aryl methyl sites for hydroxylation is 1. The van der Waals surface area contributed by atoms with Gasteiger partial charge in [-0.05, 0) is 52.6 Å². The molecule has 2 heterocycles. The number of hydrogen-bond donors (Lipinski definition) is 2. The number of benzene rings is 3. The van der Waals surface area contributed by atoms with E-state index >= 15 is 0 Å². The standard InChI is InChI=1S/C31H35N3O3/c1-37-28-12-5-4-10-26(28)24-16-19-34(20-17-24,31(32)36)29(35)14-13-22-7-6-9-25(21-22)30-27-11-3-2-8-23(27)15-18-33-30/h2-12,21,24,30,33H,13-20H2,1H3,(H-,32,36)/p+1.